The van der Waals surface area contributed by atoms with Crippen LogP contribution in [-0.4, -0.2) is 30.3 Å². The van der Waals surface area contributed by atoms with Crippen LogP contribution in [0.5, 0.6) is 0 Å². The number of alkyl halides is 1. The van der Waals surface area contributed by atoms with Crippen molar-refractivity contribution >= 4 is 29.1 Å². The third-order valence-electron chi connectivity index (χ3n) is 2.01. The van der Waals surface area contributed by atoms with E-state index in [2.05, 4.69) is 0 Å². The van der Waals surface area contributed by atoms with Crippen LogP contribution in [0.1, 0.15) is 10.4 Å². The Bertz CT molecular complexity index is 412. The van der Waals surface area contributed by atoms with Gasteiger partial charge in [-0.15, -0.1) is 11.6 Å². The molecule has 0 aromatic heterocycles. The van der Waals surface area contributed by atoms with Gasteiger partial charge in [0.05, 0.1) is 10.6 Å². The van der Waals surface area contributed by atoms with Gasteiger partial charge in [-0.3, -0.25) is 4.79 Å². The van der Waals surface area contributed by atoms with Crippen molar-refractivity contribution in [2.45, 2.75) is 0 Å². The van der Waals surface area contributed by atoms with E-state index in [1.165, 1.54) is 11.9 Å². The number of carbonyl (C=O) groups is 1. The summed E-state index contributed by atoms with van der Waals surface area (Å²) in [6.07, 6.45) is 0. The average Bonchev–Trinajstić information content (AvgIpc) is 2.23. The van der Waals surface area contributed by atoms with Gasteiger partial charge in [0.25, 0.3) is 5.91 Å². The van der Waals surface area contributed by atoms with Crippen LogP contribution in [0.25, 0.3) is 0 Å². The molecule has 0 saturated heterocycles. The normalized spacial score (nSPS) is 10.3. The Labute approximate surface area is 102 Å². The monoisotopic (exact) mass is 267 g/mol. The summed E-state index contributed by atoms with van der Waals surface area (Å²) in [7, 11) is 1.46. The van der Waals surface area contributed by atoms with Gasteiger partial charge in [-0.05, 0) is 12.1 Å². The number of halogens is 4. The van der Waals surface area contributed by atoms with Gasteiger partial charge in [-0.25, -0.2) is 8.78 Å². The number of hydrogen-bond donors (Lipinski definition) is 0. The van der Waals surface area contributed by atoms with Crippen molar-refractivity contribution in [1.29, 1.82) is 0 Å². The molecule has 0 spiro atoms. The molecule has 1 rings (SSSR count). The summed E-state index contributed by atoms with van der Waals surface area (Å²) in [4.78, 5) is 12.8. The van der Waals surface area contributed by atoms with Crippen molar-refractivity contribution in [1.82, 2.24) is 4.90 Å². The molecule has 0 saturated carbocycles. The van der Waals surface area contributed by atoms with E-state index < -0.39 is 17.5 Å². The van der Waals surface area contributed by atoms with Gasteiger partial charge in [0.1, 0.15) is 11.6 Å². The summed E-state index contributed by atoms with van der Waals surface area (Å²) in [5, 5.41) is -0.353. The highest BCUT2D eigenvalue weighted by Gasteiger charge is 2.18. The molecule has 88 valence electrons. The maximum Gasteiger partial charge on any atom is 0.256 e. The molecular formula is C10H9Cl2F2NO. The molecule has 16 heavy (non-hydrogen) atoms. The van der Waals surface area contributed by atoms with E-state index in [1.807, 2.05) is 0 Å². The van der Waals surface area contributed by atoms with Crippen LogP contribution in [0.2, 0.25) is 5.02 Å². The average molecular weight is 268 g/mol. The zero-order chi connectivity index (χ0) is 12.3. The topological polar surface area (TPSA) is 20.3 Å². The lowest BCUT2D eigenvalue weighted by molar-refractivity contribution is 0.0798. The Morgan fingerprint density at radius 2 is 2.00 bits per heavy atom. The number of carbonyl (C=O) groups excluding carboxylic acids is 1. The number of amides is 1. The van der Waals surface area contributed by atoms with Crippen LogP contribution in [0.4, 0.5) is 8.78 Å². The lowest BCUT2D eigenvalue weighted by Gasteiger charge is -2.16. The highest BCUT2D eigenvalue weighted by molar-refractivity contribution is 6.30. The molecule has 0 unspecified atom stereocenters. The van der Waals surface area contributed by atoms with Gasteiger partial charge < -0.3 is 4.90 Å². The maximum atomic E-state index is 13.3. The molecule has 0 aliphatic heterocycles. The minimum Gasteiger partial charge on any atom is -0.340 e. The lowest BCUT2D eigenvalue weighted by atomic mass is 10.2. The van der Waals surface area contributed by atoms with Crippen molar-refractivity contribution in [3.8, 4) is 0 Å². The fourth-order valence-electron chi connectivity index (χ4n) is 1.12. The van der Waals surface area contributed by atoms with Gasteiger partial charge in [0.2, 0.25) is 0 Å². The number of nitrogens with zero attached hydrogens (tertiary/aromatic N) is 1. The van der Waals surface area contributed by atoms with E-state index in [0.29, 0.717) is 0 Å². The third-order valence-corrected chi connectivity index (χ3v) is 2.47. The maximum absolute atomic E-state index is 13.3. The number of hydrogen-bond acceptors (Lipinski definition) is 1. The van der Waals surface area contributed by atoms with Crippen LogP contribution in [0.3, 0.4) is 0 Å². The molecule has 0 bridgehead atoms. The minimum absolute atomic E-state index is 0.222. The first-order chi connectivity index (χ1) is 7.47. The van der Waals surface area contributed by atoms with Crippen LogP contribution >= 0.6 is 23.2 Å². The molecule has 0 heterocycles. The molecule has 0 N–H and O–H groups in total. The first kappa shape index (κ1) is 13.2. The highest BCUT2D eigenvalue weighted by Crippen LogP contribution is 2.20. The van der Waals surface area contributed by atoms with Gasteiger partial charge in [-0.1, -0.05) is 11.6 Å². The quantitative estimate of drug-likeness (QED) is 0.609. The van der Waals surface area contributed by atoms with Gasteiger partial charge in [0, 0.05) is 19.5 Å². The molecule has 0 aliphatic rings. The molecular weight excluding hydrogens is 259 g/mol. The van der Waals surface area contributed by atoms with Crippen LogP contribution in [0.15, 0.2) is 12.1 Å². The van der Waals surface area contributed by atoms with Crippen LogP contribution in [-0.2, 0) is 0 Å². The van der Waals surface area contributed by atoms with E-state index in [4.69, 9.17) is 23.2 Å². The van der Waals surface area contributed by atoms with E-state index in [1.54, 1.807) is 0 Å². The predicted octanol–water partition coefficient (Wildman–Crippen LogP) is 2.93. The van der Waals surface area contributed by atoms with Crippen LogP contribution < -0.4 is 0 Å². The van der Waals surface area contributed by atoms with Gasteiger partial charge >= 0.3 is 0 Å². The lowest BCUT2D eigenvalue weighted by Crippen LogP contribution is -2.29. The summed E-state index contributed by atoms with van der Waals surface area (Å²) in [5.74, 6) is -2.09. The molecule has 0 radical (unpaired) electrons. The summed E-state index contributed by atoms with van der Waals surface area (Å²) in [6.45, 7) is 0.254. The Hall–Kier alpha value is -0.870. The molecule has 1 aromatic carbocycles. The second kappa shape index (κ2) is 5.46. The fourth-order valence-corrected chi connectivity index (χ4v) is 1.52. The second-order valence-corrected chi connectivity index (χ2v) is 3.95. The van der Waals surface area contributed by atoms with E-state index in [-0.39, 0.29) is 23.0 Å². The Balaban J connectivity index is 3.04. The van der Waals surface area contributed by atoms with Gasteiger partial charge in [0.15, 0.2) is 0 Å². The summed E-state index contributed by atoms with van der Waals surface area (Å²) < 4.78 is 26.4. The first-order valence-electron chi connectivity index (χ1n) is 4.43. The van der Waals surface area contributed by atoms with Crippen molar-refractivity contribution in [2.75, 3.05) is 19.5 Å². The van der Waals surface area contributed by atoms with E-state index in [9.17, 15) is 13.6 Å². The number of benzene rings is 1. The Morgan fingerprint density at radius 3 is 2.56 bits per heavy atom. The van der Waals surface area contributed by atoms with Crippen molar-refractivity contribution in [2.24, 2.45) is 0 Å². The SMILES string of the molecule is CN(CCCl)C(=O)c1cc(F)c(Cl)cc1F. The zero-order valence-corrected chi connectivity index (χ0v) is 9.95. The standard InChI is InChI=1S/C10H9Cl2F2NO/c1-15(3-2-11)10(16)6-4-9(14)7(12)5-8(6)13/h4-5H,2-3H2,1H3. The second-order valence-electron chi connectivity index (χ2n) is 3.16. The highest BCUT2D eigenvalue weighted by atomic mass is 35.5. The third kappa shape index (κ3) is 2.83. The Morgan fingerprint density at radius 1 is 1.38 bits per heavy atom. The Kier molecular flexibility index (Phi) is 4.50. The van der Waals surface area contributed by atoms with Crippen molar-refractivity contribution in [3.05, 3.63) is 34.4 Å². The summed E-state index contributed by atoms with van der Waals surface area (Å²) in [5.41, 5.74) is -0.352. The molecule has 2 nitrogen and oxygen atoms in total. The summed E-state index contributed by atoms with van der Waals surface area (Å²) >= 11 is 10.8. The van der Waals surface area contributed by atoms with Crippen molar-refractivity contribution < 1.29 is 13.6 Å². The minimum atomic E-state index is -0.849. The van der Waals surface area contributed by atoms with E-state index in [0.717, 1.165) is 12.1 Å². The molecule has 6 heteroatoms. The summed E-state index contributed by atoms with van der Waals surface area (Å²) in [6, 6.07) is 1.56. The van der Waals surface area contributed by atoms with E-state index >= 15 is 0 Å². The van der Waals surface area contributed by atoms with Crippen molar-refractivity contribution in [3.63, 3.8) is 0 Å². The predicted molar refractivity (Wildman–Crippen MR) is 59.0 cm³/mol. The molecule has 0 fully saturated rings. The molecule has 1 aromatic rings. The number of rotatable bonds is 3. The largest absolute Gasteiger partial charge is 0.340 e. The zero-order valence-electron chi connectivity index (χ0n) is 8.44. The van der Waals surface area contributed by atoms with Gasteiger partial charge in [-0.2, -0.15) is 0 Å². The molecule has 0 atom stereocenters. The fraction of sp³-hybridized carbons (Fsp3) is 0.300. The van der Waals surface area contributed by atoms with Crippen LogP contribution in [0, 0.1) is 11.6 Å². The smallest absolute Gasteiger partial charge is 0.256 e. The molecule has 1 amide bonds. The first-order valence-corrected chi connectivity index (χ1v) is 5.34. The molecule has 0 aliphatic carbocycles.